The number of nitrogens with one attached hydrogen (secondary N) is 1. The molecule has 34 heavy (non-hydrogen) atoms. The molecule has 2 fully saturated rings. The molecule has 4 aromatic rings. The molecule has 0 unspecified atom stereocenters. The van der Waals surface area contributed by atoms with Crippen LogP contribution in [0.1, 0.15) is 16.1 Å². The van der Waals surface area contributed by atoms with Crippen molar-refractivity contribution in [2.75, 3.05) is 50.6 Å². The molecule has 2 aliphatic heterocycles. The van der Waals surface area contributed by atoms with Crippen LogP contribution < -0.4 is 15.0 Å². The molecule has 8 nitrogen and oxygen atoms in total. The number of aryl methyl sites for hydroxylation is 1. The Labute approximate surface area is 196 Å². The molecule has 1 spiro atoms. The summed E-state index contributed by atoms with van der Waals surface area (Å²) in [5, 5.41) is 3.71. The lowest BCUT2D eigenvalue weighted by Gasteiger charge is -2.60. The summed E-state index contributed by atoms with van der Waals surface area (Å²) in [5.74, 6) is -0.436. The third kappa shape index (κ3) is 3.27. The van der Waals surface area contributed by atoms with Crippen LogP contribution in [0.5, 0.6) is 5.88 Å². The number of likely N-dealkylation sites (tertiary alicyclic amines) is 1. The maximum absolute atomic E-state index is 14.5. The fraction of sp³-hybridized carbons (Fsp3) is 0.320. The van der Waals surface area contributed by atoms with E-state index in [-0.39, 0.29) is 11.6 Å². The highest BCUT2D eigenvalue weighted by atomic mass is 19.1. The molecule has 174 valence electrons. The van der Waals surface area contributed by atoms with Gasteiger partial charge in [-0.05, 0) is 32.2 Å². The number of methoxy groups -OCH3 is 1. The minimum Gasteiger partial charge on any atom is -0.481 e. The average Bonchev–Trinajstić information content (AvgIpc) is 3.15. The van der Waals surface area contributed by atoms with E-state index in [9.17, 15) is 9.18 Å². The standard InChI is InChI=1S/C25H25FN6O2/c1-15-9-31-10-16(8-19(26)23(31)27-15)28-24(33)18-4-6-20(17-5-7-21(34-3)29-22(17)18)32-13-25(14-32)11-30(2)12-25/h4-10H,11-14H2,1-3H3,(H,28,33). The summed E-state index contributed by atoms with van der Waals surface area (Å²) in [6.07, 6.45) is 3.36. The van der Waals surface area contributed by atoms with E-state index in [0.29, 0.717) is 33.8 Å². The predicted octanol–water partition coefficient (Wildman–Crippen LogP) is 3.34. The van der Waals surface area contributed by atoms with Gasteiger partial charge in [-0.1, -0.05) is 0 Å². The summed E-state index contributed by atoms with van der Waals surface area (Å²) < 4.78 is 21.4. The van der Waals surface area contributed by atoms with Gasteiger partial charge in [-0.25, -0.2) is 14.4 Å². The van der Waals surface area contributed by atoms with Crippen LogP contribution in [0.15, 0.2) is 42.7 Å². The first-order chi connectivity index (χ1) is 16.3. The van der Waals surface area contributed by atoms with E-state index < -0.39 is 5.82 Å². The minimum absolute atomic E-state index is 0.224. The smallest absolute Gasteiger partial charge is 0.257 e. The quantitative estimate of drug-likeness (QED) is 0.504. The predicted molar refractivity (Wildman–Crippen MR) is 128 cm³/mol. The second kappa shape index (κ2) is 7.39. The summed E-state index contributed by atoms with van der Waals surface area (Å²) in [6.45, 7) is 6.01. The molecule has 1 N–H and O–H groups in total. The lowest BCUT2D eigenvalue weighted by molar-refractivity contribution is -0.00224. The third-order valence-corrected chi connectivity index (χ3v) is 6.75. The fourth-order valence-corrected chi connectivity index (χ4v) is 5.44. The zero-order chi connectivity index (χ0) is 23.6. The second-order valence-corrected chi connectivity index (χ2v) is 9.55. The molecule has 5 heterocycles. The average molecular weight is 461 g/mol. The number of pyridine rings is 2. The third-order valence-electron chi connectivity index (χ3n) is 6.75. The largest absolute Gasteiger partial charge is 0.481 e. The number of carbonyl (C=O) groups is 1. The van der Waals surface area contributed by atoms with E-state index in [1.165, 1.54) is 6.07 Å². The van der Waals surface area contributed by atoms with Crippen LogP contribution >= 0.6 is 0 Å². The van der Waals surface area contributed by atoms with Gasteiger partial charge in [0.2, 0.25) is 5.88 Å². The summed E-state index contributed by atoms with van der Waals surface area (Å²) in [4.78, 5) is 26.7. The van der Waals surface area contributed by atoms with E-state index in [1.807, 2.05) is 18.2 Å². The molecular formula is C25H25FN6O2. The van der Waals surface area contributed by atoms with Gasteiger partial charge in [0.15, 0.2) is 11.5 Å². The Kier molecular flexibility index (Phi) is 4.54. The highest BCUT2D eigenvalue weighted by Gasteiger charge is 2.50. The number of rotatable bonds is 4. The highest BCUT2D eigenvalue weighted by molar-refractivity contribution is 6.14. The van der Waals surface area contributed by atoms with E-state index in [0.717, 1.165) is 37.3 Å². The molecule has 0 radical (unpaired) electrons. The Morgan fingerprint density at radius 2 is 1.91 bits per heavy atom. The van der Waals surface area contributed by atoms with Crippen molar-refractivity contribution in [2.45, 2.75) is 6.92 Å². The van der Waals surface area contributed by atoms with Gasteiger partial charge in [0, 0.05) is 67.2 Å². The molecule has 1 aromatic carbocycles. The van der Waals surface area contributed by atoms with E-state index >= 15 is 0 Å². The topological polar surface area (TPSA) is 75.0 Å². The molecule has 2 aliphatic rings. The summed E-state index contributed by atoms with van der Waals surface area (Å²) in [5.41, 5.74) is 3.66. The Morgan fingerprint density at radius 3 is 2.65 bits per heavy atom. The number of nitrogens with zero attached hydrogens (tertiary/aromatic N) is 5. The first-order valence-corrected chi connectivity index (χ1v) is 11.2. The van der Waals surface area contributed by atoms with Crippen molar-refractivity contribution >= 4 is 33.8 Å². The number of fused-ring (bicyclic) bond motifs is 2. The number of hydrogen-bond acceptors (Lipinski definition) is 6. The number of anilines is 2. The zero-order valence-corrected chi connectivity index (χ0v) is 19.3. The van der Waals surface area contributed by atoms with Crippen molar-refractivity contribution in [3.8, 4) is 5.88 Å². The second-order valence-electron chi connectivity index (χ2n) is 9.55. The molecule has 6 rings (SSSR count). The monoisotopic (exact) mass is 460 g/mol. The Morgan fingerprint density at radius 1 is 1.12 bits per heavy atom. The van der Waals surface area contributed by atoms with Crippen LogP contribution in [0.2, 0.25) is 0 Å². The summed E-state index contributed by atoms with van der Waals surface area (Å²) in [7, 11) is 3.69. The van der Waals surface area contributed by atoms with Gasteiger partial charge in [0.25, 0.3) is 5.91 Å². The number of aromatic nitrogens is 3. The molecule has 0 saturated carbocycles. The molecule has 0 aliphatic carbocycles. The Bertz CT molecular complexity index is 1450. The number of halogens is 1. The van der Waals surface area contributed by atoms with Crippen LogP contribution in [0.25, 0.3) is 16.6 Å². The molecule has 3 aromatic heterocycles. The van der Waals surface area contributed by atoms with Gasteiger partial charge in [-0.3, -0.25) is 4.79 Å². The summed E-state index contributed by atoms with van der Waals surface area (Å²) in [6, 6.07) is 8.80. The van der Waals surface area contributed by atoms with E-state index in [1.54, 1.807) is 36.9 Å². The van der Waals surface area contributed by atoms with Crippen molar-refractivity contribution in [3.05, 3.63) is 59.8 Å². The number of benzene rings is 1. The van der Waals surface area contributed by atoms with Crippen LogP contribution in [0.3, 0.4) is 0 Å². The van der Waals surface area contributed by atoms with Crippen LogP contribution in [0, 0.1) is 18.2 Å². The number of ether oxygens (including phenoxy) is 1. The van der Waals surface area contributed by atoms with Crippen molar-refractivity contribution < 1.29 is 13.9 Å². The van der Waals surface area contributed by atoms with E-state index in [4.69, 9.17) is 4.74 Å². The minimum atomic E-state index is -0.501. The lowest BCUT2D eigenvalue weighted by Crippen LogP contribution is -2.71. The van der Waals surface area contributed by atoms with Crippen LogP contribution in [0.4, 0.5) is 15.8 Å². The zero-order valence-electron chi connectivity index (χ0n) is 19.3. The van der Waals surface area contributed by atoms with Crippen LogP contribution in [-0.4, -0.2) is 65.5 Å². The Balaban J connectivity index is 1.34. The molecule has 9 heteroatoms. The lowest BCUT2D eigenvalue weighted by atomic mass is 9.73. The maximum Gasteiger partial charge on any atom is 0.257 e. The highest BCUT2D eigenvalue weighted by Crippen LogP contribution is 2.43. The van der Waals surface area contributed by atoms with Crippen molar-refractivity contribution in [1.29, 1.82) is 0 Å². The molecule has 0 bridgehead atoms. The molecule has 1 amide bonds. The van der Waals surface area contributed by atoms with Crippen molar-refractivity contribution in [3.63, 3.8) is 0 Å². The van der Waals surface area contributed by atoms with Gasteiger partial charge in [0.05, 0.1) is 29.6 Å². The van der Waals surface area contributed by atoms with Gasteiger partial charge < -0.3 is 24.3 Å². The first-order valence-electron chi connectivity index (χ1n) is 11.2. The number of carbonyl (C=O) groups excluding carboxylic acids is 1. The number of amides is 1. The molecule has 0 atom stereocenters. The summed E-state index contributed by atoms with van der Waals surface area (Å²) >= 11 is 0. The van der Waals surface area contributed by atoms with Crippen molar-refractivity contribution in [1.82, 2.24) is 19.3 Å². The van der Waals surface area contributed by atoms with Gasteiger partial charge in [-0.2, -0.15) is 0 Å². The van der Waals surface area contributed by atoms with Crippen molar-refractivity contribution in [2.24, 2.45) is 5.41 Å². The maximum atomic E-state index is 14.5. The first kappa shape index (κ1) is 20.9. The molecular weight excluding hydrogens is 435 g/mol. The Hall–Kier alpha value is -3.72. The number of hydrogen-bond donors (Lipinski definition) is 1. The van der Waals surface area contributed by atoms with Crippen LogP contribution in [-0.2, 0) is 0 Å². The molecule has 2 saturated heterocycles. The number of imidazole rings is 1. The van der Waals surface area contributed by atoms with Gasteiger partial charge in [0.1, 0.15) is 0 Å². The normalized spacial score (nSPS) is 17.1. The fourth-order valence-electron chi connectivity index (χ4n) is 5.44. The van der Waals surface area contributed by atoms with Gasteiger partial charge >= 0.3 is 0 Å². The van der Waals surface area contributed by atoms with E-state index in [2.05, 4.69) is 32.1 Å². The van der Waals surface area contributed by atoms with Gasteiger partial charge in [-0.15, -0.1) is 0 Å². The SMILES string of the molecule is COc1ccc2c(N3CC4(CN(C)C4)C3)ccc(C(=O)Nc3cc(F)c4nc(C)cn4c3)c2n1.